The minimum atomic E-state index is 0.283. The maximum absolute atomic E-state index is 11.7. The Hall–Kier alpha value is -1.32. The van der Waals surface area contributed by atoms with Crippen LogP contribution in [0.25, 0.3) is 0 Å². The third kappa shape index (κ3) is 5.02. The monoisotopic (exact) mass is 236 g/mol. The number of rotatable bonds is 8. The third-order valence-electron chi connectivity index (χ3n) is 2.93. The quantitative estimate of drug-likeness (QED) is 0.648. The summed E-state index contributed by atoms with van der Waals surface area (Å²) in [5.41, 5.74) is 0. The van der Waals surface area contributed by atoms with Crippen molar-refractivity contribution in [2.45, 2.75) is 46.1 Å². The van der Waals surface area contributed by atoms with Gasteiger partial charge in [0.25, 0.3) is 0 Å². The molecule has 1 aromatic heterocycles. The predicted octanol–water partition coefficient (Wildman–Crippen LogP) is 2.11. The molecule has 4 nitrogen and oxygen atoms in total. The van der Waals surface area contributed by atoms with Crippen LogP contribution in [0, 0.1) is 6.20 Å². The lowest BCUT2D eigenvalue weighted by atomic mass is 10.2. The molecule has 1 aromatic rings. The molecule has 0 bridgehead atoms. The van der Waals surface area contributed by atoms with Gasteiger partial charge in [0.2, 0.25) is 5.91 Å². The molecule has 1 amide bonds. The zero-order chi connectivity index (χ0) is 12.5. The molecule has 0 saturated heterocycles. The number of unbranched alkanes of at least 4 members (excludes halogenated alkanes) is 2. The van der Waals surface area contributed by atoms with Crippen LogP contribution in [0.2, 0.25) is 0 Å². The Kier molecular flexibility index (Phi) is 6.37. The van der Waals surface area contributed by atoms with Crippen LogP contribution in [0.4, 0.5) is 0 Å². The number of nitrogens with zero attached hydrogens (tertiary/aromatic N) is 3. The topological polar surface area (TPSA) is 38.1 Å². The first-order chi connectivity index (χ1) is 8.27. The minimum absolute atomic E-state index is 0.283. The van der Waals surface area contributed by atoms with Gasteiger partial charge in [-0.1, -0.05) is 6.42 Å². The van der Waals surface area contributed by atoms with Crippen LogP contribution >= 0.6 is 0 Å². The van der Waals surface area contributed by atoms with E-state index in [9.17, 15) is 4.79 Å². The molecule has 0 unspecified atom stereocenters. The largest absolute Gasteiger partial charge is 0.343 e. The first-order valence-electron chi connectivity index (χ1n) is 6.43. The smallest absolute Gasteiger partial charge is 0.222 e. The Morgan fingerprint density at radius 1 is 1.29 bits per heavy atom. The third-order valence-corrected chi connectivity index (χ3v) is 2.93. The number of imidazole rings is 1. The molecular weight excluding hydrogens is 214 g/mol. The van der Waals surface area contributed by atoms with Crippen LogP contribution in [-0.2, 0) is 11.3 Å². The molecule has 17 heavy (non-hydrogen) atoms. The summed E-state index contributed by atoms with van der Waals surface area (Å²) in [7, 11) is 0. The molecule has 0 aliphatic rings. The zero-order valence-corrected chi connectivity index (χ0v) is 10.9. The van der Waals surface area contributed by atoms with Gasteiger partial charge in [-0.25, -0.2) is 4.98 Å². The standard InChI is InChI=1S/C13H22N3O/c1-3-16(4-2)13(17)8-6-5-7-10-15-11-9-14-12-15/h11-12H,3-8,10H2,1-2H3. The highest BCUT2D eigenvalue weighted by Crippen LogP contribution is 2.05. The number of carbonyl (C=O) groups excluding carboxylic acids is 1. The van der Waals surface area contributed by atoms with Crippen LogP contribution in [-0.4, -0.2) is 33.4 Å². The molecular formula is C13H22N3O. The van der Waals surface area contributed by atoms with Crippen molar-refractivity contribution in [1.29, 1.82) is 0 Å². The summed E-state index contributed by atoms with van der Waals surface area (Å²) in [5.74, 6) is 0.283. The molecule has 95 valence electrons. The summed E-state index contributed by atoms with van der Waals surface area (Å²) in [4.78, 5) is 17.5. The van der Waals surface area contributed by atoms with Crippen molar-refractivity contribution in [1.82, 2.24) is 14.5 Å². The van der Waals surface area contributed by atoms with Gasteiger partial charge < -0.3 is 9.47 Å². The van der Waals surface area contributed by atoms with E-state index in [0.717, 1.165) is 38.9 Å². The average Bonchev–Trinajstić information content (AvgIpc) is 2.83. The predicted molar refractivity (Wildman–Crippen MR) is 67.5 cm³/mol. The fraction of sp³-hybridized carbons (Fsp3) is 0.692. The second kappa shape index (κ2) is 7.87. The van der Waals surface area contributed by atoms with Crippen molar-refractivity contribution in [3.8, 4) is 0 Å². The molecule has 0 aliphatic carbocycles. The van der Waals surface area contributed by atoms with E-state index < -0.39 is 0 Å². The Bertz CT molecular complexity index is 304. The summed E-state index contributed by atoms with van der Waals surface area (Å²) in [6, 6.07) is 0. The van der Waals surface area contributed by atoms with E-state index in [0.29, 0.717) is 6.42 Å². The molecule has 0 fully saturated rings. The van der Waals surface area contributed by atoms with Crippen LogP contribution in [0.3, 0.4) is 0 Å². The van der Waals surface area contributed by atoms with Crippen LogP contribution in [0.5, 0.6) is 0 Å². The van der Waals surface area contributed by atoms with Gasteiger partial charge in [0.1, 0.15) is 6.20 Å². The lowest BCUT2D eigenvalue weighted by Crippen LogP contribution is -2.30. The maximum atomic E-state index is 11.7. The van der Waals surface area contributed by atoms with Gasteiger partial charge in [0, 0.05) is 32.3 Å². The highest BCUT2D eigenvalue weighted by atomic mass is 16.2. The Morgan fingerprint density at radius 3 is 2.65 bits per heavy atom. The van der Waals surface area contributed by atoms with Crippen molar-refractivity contribution in [3.63, 3.8) is 0 Å². The van der Waals surface area contributed by atoms with Crippen LogP contribution in [0.1, 0.15) is 39.5 Å². The summed E-state index contributed by atoms with van der Waals surface area (Å²) >= 11 is 0. The lowest BCUT2D eigenvalue weighted by molar-refractivity contribution is -0.130. The molecule has 1 heterocycles. The van der Waals surface area contributed by atoms with Gasteiger partial charge in [-0.3, -0.25) is 4.79 Å². The van der Waals surface area contributed by atoms with E-state index in [1.165, 1.54) is 0 Å². The summed E-state index contributed by atoms with van der Waals surface area (Å²) in [5, 5.41) is 0. The van der Waals surface area contributed by atoms with Crippen molar-refractivity contribution in [3.05, 3.63) is 18.7 Å². The van der Waals surface area contributed by atoms with Crippen LogP contribution < -0.4 is 0 Å². The molecule has 0 atom stereocenters. The van der Waals surface area contributed by atoms with E-state index in [1.54, 1.807) is 6.33 Å². The first-order valence-corrected chi connectivity index (χ1v) is 6.43. The highest BCUT2D eigenvalue weighted by molar-refractivity contribution is 5.75. The fourth-order valence-electron chi connectivity index (χ4n) is 1.85. The number of carbonyl (C=O) groups is 1. The van der Waals surface area contributed by atoms with Gasteiger partial charge in [-0.05, 0) is 26.7 Å². The van der Waals surface area contributed by atoms with E-state index in [4.69, 9.17) is 0 Å². The first kappa shape index (κ1) is 13.7. The van der Waals surface area contributed by atoms with Crippen LogP contribution in [0.15, 0.2) is 12.5 Å². The molecule has 0 saturated carbocycles. The number of aryl methyl sites for hydroxylation is 1. The molecule has 1 radical (unpaired) electrons. The number of amides is 1. The SMILES string of the molecule is CCN(CC)C(=O)CCCCCn1c[c]nc1. The molecule has 4 heteroatoms. The lowest BCUT2D eigenvalue weighted by Gasteiger charge is -2.18. The minimum Gasteiger partial charge on any atom is -0.343 e. The molecule has 1 rings (SSSR count). The molecule has 0 aromatic carbocycles. The molecule has 0 spiro atoms. The average molecular weight is 236 g/mol. The van der Waals surface area contributed by atoms with E-state index in [1.807, 2.05) is 29.5 Å². The number of hydrogen-bond donors (Lipinski definition) is 0. The second-order valence-electron chi connectivity index (χ2n) is 4.12. The maximum Gasteiger partial charge on any atom is 0.222 e. The Balaban J connectivity index is 2.05. The highest BCUT2D eigenvalue weighted by Gasteiger charge is 2.07. The van der Waals surface area contributed by atoms with Gasteiger partial charge in [0.15, 0.2) is 0 Å². The van der Waals surface area contributed by atoms with Crippen molar-refractivity contribution >= 4 is 5.91 Å². The Labute approximate surface area is 104 Å². The zero-order valence-electron chi connectivity index (χ0n) is 10.9. The van der Waals surface area contributed by atoms with Crippen molar-refractivity contribution in [2.75, 3.05) is 13.1 Å². The Morgan fingerprint density at radius 2 is 2.06 bits per heavy atom. The number of aromatic nitrogens is 2. The van der Waals surface area contributed by atoms with Crippen molar-refractivity contribution in [2.24, 2.45) is 0 Å². The normalized spacial score (nSPS) is 10.5. The summed E-state index contributed by atoms with van der Waals surface area (Å²) < 4.78 is 2.02. The van der Waals surface area contributed by atoms with Crippen molar-refractivity contribution < 1.29 is 4.79 Å². The van der Waals surface area contributed by atoms with E-state index >= 15 is 0 Å². The number of hydrogen-bond acceptors (Lipinski definition) is 2. The molecule has 0 N–H and O–H groups in total. The summed E-state index contributed by atoms with van der Waals surface area (Å²) in [6.45, 7) is 6.66. The van der Waals surface area contributed by atoms with E-state index in [-0.39, 0.29) is 5.91 Å². The van der Waals surface area contributed by atoms with Gasteiger partial charge in [0.05, 0.1) is 6.33 Å². The fourth-order valence-corrected chi connectivity index (χ4v) is 1.85. The summed E-state index contributed by atoms with van der Waals surface area (Å²) in [6.07, 6.45) is 10.2. The second-order valence-corrected chi connectivity index (χ2v) is 4.12. The molecule has 0 aliphatic heterocycles. The van der Waals surface area contributed by atoms with Gasteiger partial charge >= 0.3 is 0 Å². The van der Waals surface area contributed by atoms with E-state index in [2.05, 4.69) is 11.2 Å². The van der Waals surface area contributed by atoms with Gasteiger partial charge in [-0.2, -0.15) is 0 Å². The van der Waals surface area contributed by atoms with Gasteiger partial charge in [-0.15, -0.1) is 0 Å².